The third-order valence-electron chi connectivity index (χ3n) is 3.24. The van der Waals surface area contributed by atoms with E-state index in [1.54, 1.807) is 19.2 Å². The molecule has 24 heavy (non-hydrogen) atoms. The Morgan fingerprint density at radius 1 is 1.21 bits per heavy atom. The fourth-order valence-electron chi connectivity index (χ4n) is 2.03. The lowest BCUT2D eigenvalue weighted by molar-refractivity contribution is 0.0561. The van der Waals surface area contributed by atoms with Gasteiger partial charge >= 0.3 is 5.97 Å². The molecule has 6 nitrogen and oxygen atoms in total. The lowest BCUT2D eigenvalue weighted by Gasteiger charge is -2.10. The van der Waals surface area contributed by atoms with Crippen LogP contribution in [0.1, 0.15) is 21.9 Å². The zero-order valence-corrected chi connectivity index (χ0v) is 14.0. The van der Waals surface area contributed by atoms with Crippen molar-refractivity contribution in [2.45, 2.75) is 6.61 Å². The molecule has 2 rings (SSSR count). The predicted molar refractivity (Wildman–Crippen MR) is 90.3 cm³/mol. The molecule has 0 spiro atoms. The minimum absolute atomic E-state index is 0.146. The van der Waals surface area contributed by atoms with E-state index in [0.717, 1.165) is 12.1 Å². The summed E-state index contributed by atoms with van der Waals surface area (Å²) in [5, 5.41) is 3.04. The quantitative estimate of drug-likeness (QED) is 0.750. The summed E-state index contributed by atoms with van der Waals surface area (Å²) in [6.07, 6.45) is 4.02. The summed E-state index contributed by atoms with van der Waals surface area (Å²) in [7, 11) is 4.78. The van der Waals surface area contributed by atoms with Gasteiger partial charge in [-0.15, -0.1) is 0 Å². The highest BCUT2D eigenvalue weighted by molar-refractivity contribution is 5.86. The van der Waals surface area contributed by atoms with Gasteiger partial charge in [0.25, 0.3) is 0 Å². The largest absolute Gasteiger partial charge is 0.493 e. The molecule has 0 bridgehead atoms. The molecule has 1 aromatic carbocycles. The number of esters is 1. The van der Waals surface area contributed by atoms with Gasteiger partial charge in [0, 0.05) is 6.54 Å². The number of ether oxygens (including phenoxy) is 3. The highest BCUT2D eigenvalue weighted by atomic mass is 16.5. The third-order valence-corrected chi connectivity index (χ3v) is 3.24. The summed E-state index contributed by atoms with van der Waals surface area (Å²) in [6.45, 7) is 0.976. The van der Waals surface area contributed by atoms with E-state index < -0.39 is 5.97 Å². The van der Waals surface area contributed by atoms with Gasteiger partial charge in [-0.2, -0.15) is 0 Å². The van der Waals surface area contributed by atoms with E-state index in [2.05, 4.69) is 10.1 Å². The van der Waals surface area contributed by atoms with E-state index in [-0.39, 0.29) is 12.4 Å². The molecule has 0 saturated heterocycles. The molecular formula is C18H21NO5. The number of furan rings is 1. The first-order valence-corrected chi connectivity index (χ1v) is 7.47. The first-order valence-electron chi connectivity index (χ1n) is 7.47. The Balaban J connectivity index is 2.03. The lowest BCUT2D eigenvalue weighted by atomic mass is 10.2. The van der Waals surface area contributed by atoms with Gasteiger partial charge in [0.1, 0.15) is 12.4 Å². The second-order valence-electron chi connectivity index (χ2n) is 4.92. The van der Waals surface area contributed by atoms with E-state index in [4.69, 9.17) is 13.9 Å². The molecule has 128 valence electrons. The second-order valence-corrected chi connectivity index (χ2v) is 4.92. The fraction of sp³-hybridized carbons (Fsp3) is 0.278. The molecule has 0 aliphatic rings. The number of nitrogens with one attached hydrogen (secondary N) is 1. The van der Waals surface area contributed by atoms with Gasteiger partial charge in [0.05, 0.1) is 14.2 Å². The van der Waals surface area contributed by atoms with Crippen molar-refractivity contribution in [1.29, 1.82) is 0 Å². The maximum Gasteiger partial charge on any atom is 0.373 e. The van der Waals surface area contributed by atoms with Crippen molar-refractivity contribution in [3.63, 3.8) is 0 Å². The first kappa shape index (κ1) is 17.6. The number of carbonyl (C=O) groups excluding carboxylic acids is 1. The summed E-state index contributed by atoms with van der Waals surface area (Å²) >= 11 is 0. The smallest absolute Gasteiger partial charge is 0.373 e. The number of hydrogen-bond donors (Lipinski definition) is 1. The van der Waals surface area contributed by atoms with Gasteiger partial charge in [-0.25, -0.2) is 4.79 Å². The van der Waals surface area contributed by atoms with E-state index >= 15 is 0 Å². The van der Waals surface area contributed by atoms with Gasteiger partial charge in [0.2, 0.25) is 5.76 Å². The van der Waals surface area contributed by atoms with Crippen LogP contribution in [0.15, 0.2) is 40.8 Å². The van der Waals surface area contributed by atoms with Crippen LogP contribution in [0, 0.1) is 0 Å². The number of hydrogen-bond acceptors (Lipinski definition) is 6. The SMILES string of the molecule is CNCC=Cc1ccc(OCc2ccc(C(=O)OC)o2)c(OC)c1. The zero-order valence-electron chi connectivity index (χ0n) is 14.0. The van der Waals surface area contributed by atoms with Crippen LogP contribution in [0.2, 0.25) is 0 Å². The van der Waals surface area contributed by atoms with Crippen molar-refractivity contribution in [3.05, 3.63) is 53.5 Å². The van der Waals surface area contributed by atoms with Crippen molar-refractivity contribution in [1.82, 2.24) is 5.32 Å². The van der Waals surface area contributed by atoms with Crippen LogP contribution >= 0.6 is 0 Å². The molecule has 0 radical (unpaired) electrons. The maximum absolute atomic E-state index is 11.4. The fourth-order valence-corrected chi connectivity index (χ4v) is 2.03. The standard InChI is InChI=1S/C18H21NO5/c1-19-10-4-5-13-6-8-15(17(11-13)21-2)23-12-14-7-9-16(24-14)18(20)22-3/h4-9,11,19H,10,12H2,1-3H3. The van der Waals surface area contributed by atoms with Gasteiger partial charge < -0.3 is 23.9 Å². The van der Waals surface area contributed by atoms with Crippen molar-refractivity contribution in [2.75, 3.05) is 27.8 Å². The lowest BCUT2D eigenvalue weighted by Crippen LogP contribution is -2.03. The minimum atomic E-state index is -0.517. The molecule has 0 aliphatic heterocycles. The van der Waals surface area contributed by atoms with Crippen LogP contribution in [-0.4, -0.2) is 33.8 Å². The van der Waals surface area contributed by atoms with Crippen LogP contribution in [0.4, 0.5) is 0 Å². The van der Waals surface area contributed by atoms with Crippen molar-refractivity contribution in [2.24, 2.45) is 0 Å². The Hall–Kier alpha value is -2.73. The van der Waals surface area contributed by atoms with Gasteiger partial charge in [0.15, 0.2) is 11.5 Å². The molecule has 2 aromatic rings. The van der Waals surface area contributed by atoms with E-state index in [1.807, 2.05) is 37.4 Å². The van der Waals surface area contributed by atoms with Crippen LogP contribution < -0.4 is 14.8 Å². The normalized spacial score (nSPS) is 10.8. The highest BCUT2D eigenvalue weighted by Crippen LogP contribution is 2.29. The Morgan fingerprint density at radius 3 is 2.75 bits per heavy atom. The van der Waals surface area contributed by atoms with Crippen molar-refractivity contribution in [3.8, 4) is 11.5 Å². The monoisotopic (exact) mass is 331 g/mol. The number of carbonyl (C=O) groups is 1. The first-order chi connectivity index (χ1) is 11.7. The summed E-state index contributed by atoms with van der Waals surface area (Å²) < 4.78 is 21.0. The Labute approximate surface area is 141 Å². The van der Waals surface area contributed by atoms with Gasteiger partial charge in [-0.05, 0) is 36.9 Å². The van der Waals surface area contributed by atoms with Crippen molar-refractivity contribution < 1.29 is 23.4 Å². The third kappa shape index (κ3) is 4.63. The highest BCUT2D eigenvalue weighted by Gasteiger charge is 2.12. The Bertz CT molecular complexity index is 705. The number of likely N-dealkylation sites (N-methyl/N-ethyl adjacent to an activating group) is 1. The molecule has 0 saturated carbocycles. The summed E-state index contributed by atoms with van der Waals surface area (Å²) in [5.41, 5.74) is 1.01. The number of benzene rings is 1. The van der Waals surface area contributed by atoms with E-state index in [1.165, 1.54) is 7.11 Å². The average Bonchev–Trinajstić information content (AvgIpc) is 3.09. The summed E-state index contributed by atoms with van der Waals surface area (Å²) in [6, 6.07) is 8.89. The van der Waals surface area contributed by atoms with Gasteiger partial charge in [-0.1, -0.05) is 18.2 Å². The zero-order chi connectivity index (χ0) is 17.4. The molecule has 1 heterocycles. The predicted octanol–water partition coefficient (Wildman–Crippen LogP) is 2.89. The Kier molecular flexibility index (Phi) is 6.45. The maximum atomic E-state index is 11.4. The summed E-state index contributed by atoms with van der Waals surface area (Å²) in [5.74, 6) is 1.38. The van der Waals surface area contributed by atoms with E-state index in [0.29, 0.717) is 17.3 Å². The molecule has 0 fully saturated rings. The van der Waals surface area contributed by atoms with Crippen LogP contribution in [0.3, 0.4) is 0 Å². The topological polar surface area (TPSA) is 69.9 Å². The molecule has 1 aromatic heterocycles. The molecular weight excluding hydrogens is 310 g/mol. The molecule has 0 atom stereocenters. The average molecular weight is 331 g/mol. The second kappa shape index (κ2) is 8.79. The van der Waals surface area contributed by atoms with Crippen molar-refractivity contribution >= 4 is 12.0 Å². The number of rotatable bonds is 8. The minimum Gasteiger partial charge on any atom is -0.493 e. The summed E-state index contributed by atoms with van der Waals surface area (Å²) in [4.78, 5) is 11.4. The van der Waals surface area contributed by atoms with Crippen LogP contribution in [-0.2, 0) is 11.3 Å². The van der Waals surface area contributed by atoms with Crippen LogP contribution in [0.25, 0.3) is 6.08 Å². The molecule has 1 N–H and O–H groups in total. The molecule has 6 heteroatoms. The Morgan fingerprint density at radius 2 is 2.04 bits per heavy atom. The molecule has 0 amide bonds. The van der Waals surface area contributed by atoms with Crippen LogP contribution in [0.5, 0.6) is 11.5 Å². The molecule has 0 unspecified atom stereocenters. The van der Waals surface area contributed by atoms with Gasteiger partial charge in [-0.3, -0.25) is 0 Å². The van der Waals surface area contributed by atoms with E-state index in [9.17, 15) is 4.79 Å². The molecule has 0 aliphatic carbocycles. The number of methoxy groups -OCH3 is 2.